The molecule has 1 aromatic heterocycles. The zero-order valence-electron chi connectivity index (χ0n) is 8.39. The predicted octanol–water partition coefficient (Wildman–Crippen LogP) is 2.27. The molecule has 0 aliphatic heterocycles. The van der Waals surface area contributed by atoms with Crippen molar-refractivity contribution in [2.45, 2.75) is 6.42 Å². The van der Waals surface area contributed by atoms with E-state index < -0.39 is 12.6 Å². The summed E-state index contributed by atoms with van der Waals surface area (Å²) in [4.78, 5) is 15.1. The van der Waals surface area contributed by atoms with Crippen LogP contribution in [0.4, 0.5) is 10.1 Å². The molecule has 0 saturated heterocycles. The van der Waals surface area contributed by atoms with Crippen molar-refractivity contribution in [2.75, 3.05) is 19.5 Å². The number of hydrogen-bond acceptors (Lipinski definition) is 4. The van der Waals surface area contributed by atoms with Crippen molar-refractivity contribution in [1.29, 1.82) is 0 Å². The highest BCUT2D eigenvalue weighted by molar-refractivity contribution is 6.40. The molecular formula is C9H9Cl2FN2O2. The van der Waals surface area contributed by atoms with Crippen molar-refractivity contribution in [3.05, 3.63) is 21.4 Å². The quantitative estimate of drug-likeness (QED) is 0.853. The summed E-state index contributed by atoms with van der Waals surface area (Å²) < 4.78 is 16.7. The molecule has 0 unspecified atom stereocenters. The number of hydrogen-bond donors (Lipinski definition) is 1. The third-order valence-electron chi connectivity index (χ3n) is 1.89. The second-order valence-corrected chi connectivity index (χ2v) is 3.64. The van der Waals surface area contributed by atoms with Crippen molar-refractivity contribution >= 4 is 34.9 Å². The molecule has 0 aromatic carbocycles. The number of methoxy groups -OCH3 is 1. The summed E-state index contributed by atoms with van der Waals surface area (Å²) >= 11 is 11.6. The number of nitrogens with two attached hydrogens (primary N) is 1. The van der Waals surface area contributed by atoms with Crippen LogP contribution >= 0.6 is 23.2 Å². The molecular weight excluding hydrogens is 258 g/mol. The molecule has 1 heterocycles. The van der Waals surface area contributed by atoms with Gasteiger partial charge in [0.1, 0.15) is 0 Å². The molecule has 1 rings (SSSR count). The van der Waals surface area contributed by atoms with Gasteiger partial charge in [0.05, 0.1) is 35.2 Å². The van der Waals surface area contributed by atoms with Crippen molar-refractivity contribution in [3.63, 3.8) is 0 Å². The van der Waals surface area contributed by atoms with Crippen LogP contribution in [0.3, 0.4) is 0 Å². The topological polar surface area (TPSA) is 65.2 Å². The number of anilines is 1. The van der Waals surface area contributed by atoms with E-state index in [0.717, 1.165) is 0 Å². The molecule has 0 aliphatic carbocycles. The fourth-order valence-corrected chi connectivity index (χ4v) is 1.59. The largest absolute Gasteiger partial charge is 0.464 e. The number of nitrogens with zero attached hydrogens (tertiary/aromatic N) is 1. The lowest BCUT2D eigenvalue weighted by atomic mass is 10.2. The van der Waals surface area contributed by atoms with E-state index in [4.69, 9.17) is 28.9 Å². The minimum Gasteiger partial charge on any atom is -0.464 e. The first-order valence-electron chi connectivity index (χ1n) is 4.30. The fraction of sp³-hybridized carbons (Fsp3) is 0.333. The number of esters is 1. The Hall–Kier alpha value is -1.07. The molecule has 2 N–H and O–H groups in total. The Balaban J connectivity index is 3.35. The van der Waals surface area contributed by atoms with Gasteiger partial charge in [-0.15, -0.1) is 0 Å². The SMILES string of the molecule is COC(=O)c1nc(CCF)c(Cl)c(N)c1Cl. The van der Waals surface area contributed by atoms with Crippen LogP contribution in [0.2, 0.25) is 10.0 Å². The van der Waals surface area contributed by atoms with Gasteiger partial charge in [0.25, 0.3) is 0 Å². The Labute approximate surface area is 101 Å². The van der Waals surface area contributed by atoms with Crippen LogP contribution in [0.25, 0.3) is 0 Å². The minimum absolute atomic E-state index is 0.00202. The van der Waals surface area contributed by atoms with Gasteiger partial charge in [-0.05, 0) is 0 Å². The van der Waals surface area contributed by atoms with Gasteiger partial charge in [-0.2, -0.15) is 0 Å². The zero-order chi connectivity index (χ0) is 12.3. The van der Waals surface area contributed by atoms with Crippen LogP contribution in [0.15, 0.2) is 0 Å². The highest BCUT2D eigenvalue weighted by Crippen LogP contribution is 2.32. The van der Waals surface area contributed by atoms with E-state index >= 15 is 0 Å². The number of alkyl halides is 1. The van der Waals surface area contributed by atoms with Crippen LogP contribution in [-0.4, -0.2) is 24.7 Å². The molecule has 0 aliphatic rings. The molecule has 0 saturated carbocycles. The molecule has 4 nitrogen and oxygen atoms in total. The van der Waals surface area contributed by atoms with E-state index in [0.29, 0.717) is 0 Å². The maximum absolute atomic E-state index is 12.2. The van der Waals surface area contributed by atoms with Gasteiger partial charge in [0.2, 0.25) is 0 Å². The van der Waals surface area contributed by atoms with Gasteiger partial charge in [-0.1, -0.05) is 23.2 Å². The molecule has 0 fully saturated rings. The number of nitrogen functional groups attached to an aromatic ring is 1. The molecule has 88 valence electrons. The predicted molar refractivity (Wildman–Crippen MR) is 59.7 cm³/mol. The van der Waals surface area contributed by atoms with Crippen LogP contribution in [0.5, 0.6) is 0 Å². The Bertz CT molecular complexity index is 426. The summed E-state index contributed by atoms with van der Waals surface area (Å²) in [5.74, 6) is -0.742. The van der Waals surface area contributed by atoms with Crippen LogP contribution in [0.1, 0.15) is 16.2 Å². The van der Waals surface area contributed by atoms with Gasteiger partial charge >= 0.3 is 5.97 Å². The number of rotatable bonds is 3. The molecule has 1 aromatic rings. The third kappa shape index (κ3) is 2.36. The third-order valence-corrected chi connectivity index (χ3v) is 2.70. The molecule has 7 heteroatoms. The van der Waals surface area contributed by atoms with Crippen molar-refractivity contribution in [1.82, 2.24) is 4.98 Å². The van der Waals surface area contributed by atoms with Crippen molar-refractivity contribution in [2.24, 2.45) is 0 Å². The van der Waals surface area contributed by atoms with E-state index in [9.17, 15) is 9.18 Å². The fourth-order valence-electron chi connectivity index (χ4n) is 1.10. The summed E-state index contributed by atoms with van der Waals surface area (Å²) in [6.07, 6.45) is -0.0375. The number of aryl methyl sites for hydroxylation is 1. The summed E-state index contributed by atoms with van der Waals surface area (Å²) in [5.41, 5.74) is 5.60. The Morgan fingerprint density at radius 3 is 2.62 bits per heavy atom. The highest BCUT2D eigenvalue weighted by atomic mass is 35.5. The minimum atomic E-state index is -0.742. The van der Waals surface area contributed by atoms with E-state index in [-0.39, 0.29) is 33.5 Å². The maximum Gasteiger partial charge on any atom is 0.358 e. The molecule has 0 atom stereocenters. The standard InChI is InChI=1S/C9H9Cl2FN2O2/c1-16-9(15)8-6(11)7(13)5(10)4(14-8)2-3-12/h2-3H2,1H3,(H2,13,14). The Morgan fingerprint density at radius 1 is 1.50 bits per heavy atom. The number of ether oxygens (including phenoxy) is 1. The lowest BCUT2D eigenvalue weighted by Crippen LogP contribution is -2.10. The van der Waals surface area contributed by atoms with E-state index in [1.807, 2.05) is 0 Å². The van der Waals surface area contributed by atoms with Crippen LogP contribution in [0, 0.1) is 0 Å². The first-order valence-corrected chi connectivity index (χ1v) is 5.06. The molecule has 0 spiro atoms. The van der Waals surface area contributed by atoms with Gasteiger partial charge in [-0.3, -0.25) is 4.39 Å². The number of pyridine rings is 1. The number of halogens is 3. The summed E-state index contributed by atoms with van der Waals surface area (Å²) in [6, 6.07) is 0. The molecule has 0 amide bonds. The number of carbonyl (C=O) groups excluding carboxylic acids is 1. The summed E-state index contributed by atoms with van der Waals surface area (Å²) in [7, 11) is 1.18. The maximum atomic E-state index is 12.2. The number of carbonyl (C=O) groups is 1. The Morgan fingerprint density at radius 2 is 2.12 bits per heavy atom. The summed E-state index contributed by atoms with van der Waals surface area (Å²) in [5, 5.41) is -0.0187. The normalized spacial score (nSPS) is 10.2. The average molecular weight is 267 g/mol. The molecule has 0 radical (unpaired) electrons. The van der Waals surface area contributed by atoms with Gasteiger partial charge in [0, 0.05) is 6.42 Å². The van der Waals surface area contributed by atoms with Crippen molar-refractivity contribution in [3.8, 4) is 0 Å². The van der Waals surface area contributed by atoms with E-state index in [1.165, 1.54) is 7.11 Å². The lowest BCUT2D eigenvalue weighted by molar-refractivity contribution is 0.0594. The van der Waals surface area contributed by atoms with E-state index in [2.05, 4.69) is 9.72 Å². The first-order chi connectivity index (χ1) is 7.52. The van der Waals surface area contributed by atoms with Gasteiger partial charge < -0.3 is 10.5 Å². The first kappa shape index (κ1) is 13.0. The van der Waals surface area contributed by atoms with Gasteiger partial charge in [0.15, 0.2) is 5.69 Å². The highest BCUT2D eigenvalue weighted by Gasteiger charge is 2.20. The van der Waals surface area contributed by atoms with Crippen LogP contribution in [-0.2, 0) is 11.2 Å². The molecule has 16 heavy (non-hydrogen) atoms. The summed E-state index contributed by atoms with van der Waals surface area (Å²) in [6.45, 7) is -0.658. The number of aromatic nitrogens is 1. The van der Waals surface area contributed by atoms with Crippen molar-refractivity contribution < 1.29 is 13.9 Å². The van der Waals surface area contributed by atoms with Crippen LogP contribution < -0.4 is 5.73 Å². The van der Waals surface area contributed by atoms with Gasteiger partial charge in [-0.25, -0.2) is 9.78 Å². The second kappa shape index (κ2) is 5.32. The zero-order valence-corrected chi connectivity index (χ0v) is 9.90. The monoisotopic (exact) mass is 266 g/mol. The second-order valence-electron chi connectivity index (χ2n) is 2.88. The average Bonchev–Trinajstić information content (AvgIpc) is 2.29. The smallest absolute Gasteiger partial charge is 0.358 e. The van der Waals surface area contributed by atoms with E-state index in [1.54, 1.807) is 0 Å². The lowest BCUT2D eigenvalue weighted by Gasteiger charge is -2.09. The Kier molecular flexibility index (Phi) is 4.32. The molecule has 0 bridgehead atoms.